The Morgan fingerprint density at radius 2 is 0.681 bits per heavy atom. The van der Waals surface area contributed by atoms with Gasteiger partial charge in [-0.15, -0.1) is 0 Å². The van der Waals surface area contributed by atoms with E-state index in [1.165, 1.54) is 161 Å². The predicted molar refractivity (Wildman–Crippen MR) is 374 cm³/mol. The molecular weight excluding hydrogens is 1100 g/mol. The van der Waals surface area contributed by atoms with Crippen molar-refractivity contribution in [2.45, 2.75) is 87.9 Å². The molecule has 0 unspecified atom stereocenters. The molecule has 2 fully saturated rings. The Hall–Kier alpha value is -10.6. The molecule has 0 radical (unpaired) electrons. The Kier molecular flexibility index (Phi) is 11.5. The van der Waals surface area contributed by atoms with Gasteiger partial charge in [-0.25, -0.2) is 0 Å². The maximum Gasteiger partial charge on any atom is 0.0995 e. The molecule has 0 atom stereocenters. The van der Waals surface area contributed by atoms with Gasteiger partial charge in [0.1, 0.15) is 0 Å². The van der Waals surface area contributed by atoms with E-state index in [0.29, 0.717) is 0 Å². The lowest BCUT2D eigenvalue weighted by Gasteiger charge is -2.28. The Balaban J connectivity index is 0.911. The topological polar surface area (TPSA) is 52.0 Å². The largest absolute Gasteiger partial charge is 0.308 e. The standard InChI is InChI=1S/C88H63N3/c89-52-64-50-74-82(80-70-40-38-62(48-72(70)87(84(64)80)42-13-14-43-87)76-66(56-22-5-1-6-23-56)30-18-31-67(76)57-24-7-2-8-25-57)78-60-36-34-54-20-17-21-55(46-54)35-37-61(47-60)79-83-75(91(74)86(78)79)51-65(53-90)85-81(83)71-41-39-63(49-73(71)88(85)44-15-16-45-88)77-68(58-26-9-3-10-27-58)32-19-33-69(77)59-28-11-4-12-29-59/h1-12,17-33,38-41,46-51H,13-16,34-37,42-45H2. The summed E-state index contributed by atoms with van der Waals surface area (Å²) in [5, 5.41) is 29.1. The van der Waals surface area contributed by atoms with E-state index in [-0.39, 0.29) is 10.8 Å². The number of hydrogen-bond acceptors (Lipinski definition) is 2. The summed E-state index contributed by atoms with van der Waals surface area (Å²) in [6, 6.07) is 94.4. The molecule has 91 heavy (non-hydrogen) atoms. The SMILES string of the molecule is N#Cc1cc2c(c3c1C1(CCCC1)c1cc(-c4c(-c5ccccc5)cccc4-c4ccccc4)ccc1-3)c1c3cc(c4c5c6c(c(C#N)cc5n2c14)C1(CCCC1)c1cc(-c2c(-c4ccccc4)cccc2-c2ccccc2)ccc1-6)CCc1cccc(c1)CC3. The molecule has 430 valence electrons. The minimum Gasteiger partial charge on any atom is -0.308 e. The number of fused-ring (bicyclic) bond motifs is 24. The molecular formula is C88H63N3. The molecule has 0 amide bonds. The number of nitriles is 2. The zero-order valence-electron chi connectivity index (χ0n) is 50.8. The molecule has 3 nitrogen and oxygen atoms in total. The van der Waals surface area contributed by atoms with Crippen molar-refractivity contribution in [1.29, 1.82) is 10.5 Å². The zero-order valence-corrected chi connectivity index (χ0v) is 50.8. The van der Waals surface area contributed by atoms with E-state index in [1.54, 1.807) is 0 Å². The van der Waals surface area contributed by atoms with Gasteiger partial charge < -0.3 is 4.40 Å². The smallest absolute Gasteiger partial charge is 0.0995 e. The Labute approximate surface area is 531 Å². The fourth-order valence-corrected chi connectivity index (χ4v) is 18.8. The van der Waals surface area contributed by atoms with Crippen LogP contribution in [0.4, 0.5) is 0 Å². The van der Waals surface area contributed by atoms with Crippen LogP contribution in [0.3, 0.4) is 0 Å². The summed E-state index contributed by atoms with van der Waals surface area (Å²) in [6.07, 6.45) is 12.0. The number of nitrogens with zero attached hydrogens (tertiary/aromatic N) is 3. The van der Waals surface area contributed by atoms with Gasteiger partial charge in [-0.05, 0) is 209 Å². The van der Waals surface area contributed by atoms with Crippen molar-refractivity contribution < 1.29 is 0 Å². The predicted octanol–water partition coefficient (Wildman–Crippen LogP) is 22.1. The Morgan fingerprint density at radius 3 is 1.05 bits per heavy atom. The average molecular weight is 1160 g/mol. The van der Waals surface area contributed by atoms with Crippen LogP contribution in [0, 0.1) is 22.7 Å². The van der Waals surface area contributed by atoms with Gasteiger partial charge in [-0.1, -0.05) is 238 Å². The van der Waals surface area contributed by atoms with Crippen LogP contribution in [0.25, 0.3) is 127 Å². The summed E-state index contributed by atoms with van der Waals surface area (Å²) in [4.78, 5) is 0. The highest BCUT2D eigenvalue weighted by molar-refractivity contribution is 6.31. The summed E-state index contributed by atoms with van der Waals surface area (Å²) < 4.78 is 2.57. The minimum atomic E-state index is -0.328. The molecule has 2 saturated carbocycles. The Bertz CT molecular complexity index is 5020. The van der Waals surface area contributed by atoms with Gasteiger partial charge in [-0.3, -0.25) is 0 Å². The third kappa shape index (κ3) is 7.41. The summed E-state index contributed by atoms with van der Waals surface area (Å²) in [6.45, 7) is 0. The van der Waals surface area contributed by atoms with Crippen LogP contribution in [0.5, 0.6) is 0 Å². The zero-order chi connectivity index (χ0) is 60.1. The van der Waals surface area contributed by atoms with Crippen molar-refractivity contribution in [2.75, 3.05) is 0 Å². The maximum atomic E-state index is 12.0. The minimum absolute atomic E-state index is 0.328. The van der Waals surface area contributed by atoms with Crippen LogP contribution < -0.4 is 0 Å². The lowest BCUT2D eigenvalue weighted by Crippen LogP contribution is -2.22. The fourth-order valence-electron chi connectivity index (χ4n) is 18.8. The number of aryl methyl sites for hydroxylation is 4. The first-order valence-corrected chi connectivity index (χ1v) is 33.1. The van der Waals surface area contributed by atoms with E-state index >= 15 is 0 Å². The van der Waals surface area contributed by atoms with Crippen LogP contribution in [0.15, 0.2) is 237 Å². The van der Waals surface area contributed by atoms with Crippen LogP contribution in [-0.4, -0.2) is 4.40 Å². The Morgan fingerprint density at radius 1 is 0.308 bits per heavy atom. The molecule has 2 heterocycles. The normalized spacial score (nSPS) is 15.5. The van der Waals surface area contributed by atoms with Crippen LogP contribution in [0.2, 0.25) is 0 Å². The second kappa shape index (κ2) is 20.0. The van der Waals surface area contributed by atoms with Gasteiger partial charge in [-0.2, -0.15) is 10.5 Å². The molecule has 0 N–H and O–H groups in total. The number of rotatable bonds is 6. The second-order valence-electron chi connectivity index (χ2n) is 26.8. The molecule has 4 bridgehead atoms. The van der Waals surface area contributed by atoms with Crippen molar-refractivity contribution in [3.05, 3.63) is 292 Å². The van der Waals surface area contributed by atoms with Gasteiger partial charge in [0, 0.05) is 32.4 Å². The van der Waals surface area contributed by atoms with Gasteiger partial charge in [0.15, 0.2) is 0 Å². The molecule has 3 heteroatoms. The highest BCUT2D eigenvalue weighted by atomic mass is 14.9. The van der Waals surface area contributed by atoms with E-state index in [1.807, 2.05) is 0 Å². The van der Waals surface area contributed by atoms with Crippen molar-refractivity contribution in [3.8, 4) is 101 Å². The molecule has 0 saturated heterocycles. The summed E-state index contributed by atoms with van der Waals surface area (Å²) in [5.41, 5.74) is 34.5. The summed E-state index contributed by atoms with van der Waals surface area (Å²) in [5.74, 6) is 0. The van der Waals surface area contributed by atoms with E-state index in [0.717, 1.165) is 99.2 Å². The lowest BCUT2D eigenvalue weighted by molar-refractivity contribution is 0.549. The lowest BCUT2D eigenvalue weighted by atomic mass is 9.74. The number of aromatic nitrogens is 1. The van der Waals surface area contributed by atoms with Crippen molar-refractivity contribution in [2.24, 2.45) is 0 Å². The van der Waals surface area contributed by atoms with Crippen molar-refractivity contribution in [1.82, 2.24) is 4.40 Å². The number of hydrogen-bond donors (Lipinski definition) is 0. The molecule has 19 rings (SSSR count). The summed E-state index contributed by atoms with van der Waals surface area (Å²) in [7, 11) is 0. The molecule has 2 aromatic heterocycles. The van der Waals surface area contributed by atoms with Crippen LogP contribution in [-0.2, 0) is 36.5 Å². The monoisotopic (exact) mass is 1160 g/mol. The molecule has 2 spiro atoms. The average Bonchev–Trinajstić information content (AvgIpc) is 1.49. The third-order valence-electron chi connectivity index (χ3n) is 22.4. The van der Waals surface area contributed by atoms with Crippen LogP contribution in [0.1, 0.15) is 107 Å². The highest BCUT2D eigenvalue weighted by Crippen LogP contribution is 2.65. The maximum absolute atomic E-state index is 12.0. The van der Waals surface area contributed by atoms with E-state index in [2.05, 4.69) is 253 Å². The second-order valence-corrected chi connectivity index (χ2v) is 26.8. The third-order valence-corrected chi connectivity index (χ3v) is 22.4. The number of benzene rings is 12. The quantitative estimate of drug-likeness (QED) is 0.167. The van der Waals surface area contributed by atoms with Gasteiger partial charge in [0.2, 0.25) is 0 Å². The van der Waals surface area contributed by atoms with E-state index in [9.17, 15) is 10.5 Å². The van der Waals surface area contributed by atoms with Crippen LogP contribution >= 0.6 is 0 Å². The fraction of sp³-hybridized carbons (Fsp3) is 0.159. The molecule has 14 aromatic rings. The first kappa shape index (κ1) is 52.4. The highest BCUT2D eigenvalue weighted by Gasteiger charge is 2.51. The molecule has 12 aromatic carbocycles. The first-order chi connectivity index (χ1) is 45.0. The first-order valence-electron chi connectivity index (χ1n) is 33.1. The van der Waals surface area contributed by atoms with E-state index < -0.39 is 0 Å². The van der Waals surface area contributed by atoms with Crippen molar-refractivity contribution >= 4 is 38.1 Å². The van der Waals surface area contributed by atoms with E-state index in [4.69, 9.17) is 0 Å². The van der Waals surface area contributed by atoms with Crippen molar-refractivity contribution in [3.63, 3.8) is 0 Å². The molecule has 0 aliphatic heterocycles. The molecule has 5 aliphatic rings. The van der Waals surface area contributed by atoms with Gasteiger partial charge in [0.05, 0.1) is 39.8 Å². The summed E-state index contributed by atoms with van der Waals surface area (Å²) >= 11 is 0. The van der Waals surface area contributed by atoms with Gasteiger partial charge in [0.25, 0.3) is 0 Å². The van der Waals surface area contributed by atoms with Gasteiger partial charge >= 0.3 is 0 Å². The molecule has 5 aliphatic carbocycles.